The molecule has 5 heteroatoms. The molecule has 1 heterocycles. The fourth-order valence-corrected chi connectivity index (χ4v) is 3.03. The first-order valence-electron chi connectivity index (χ1n) is 6.69. The zero-order valence-electron chi connectivity index (χ0n) is 12.7. The first-order valence-corrected chi connectivity index (χ1v) is 7.50. The van der Waals surface area contributed by atoms with Crippen molar-refractivity contribution in [1.82, 2.24) is 4.98 Å². The summed E-state index contributed by atoms with van der Waals surface area (Å²) in [5.41, 5.74) is 1.93. The number of aryl methyl sites for hydroxylation is 2. The SMILES string of the molecule is COc1ccc(CC(=O)Cc2nc(C)c(C)s2)cc1OC. The lowest BCUT2D eigenvalue weighted by atomic mass is 10.1. The molecule has 0 unspecified atom stereocenters. The Bertz CT molecular complexity index is 629. The molecule has 0 amide bonds. The minimum Gasteiger partial charge on any atom is -0.493 e. The van der Waals surface area contributed by atoms with Crippen LogP contribution in [0, 0.1) is 13.8 Å². The number of carbonyl (C=O) groups excluding carboxylic acids is 1. The summed E-state index contributed by atoms with van der Waals surface area (Å²) in [6.45, 7) is 3.99. The number of ketones is 1. The van der Waals surface area contributed by atoms with Crippen LogP contribution in [0.3, 0.4) is 0 Å². The van der Waals surface area contributed by atoms with Crippen molar-refractivity contribution in [2.75, 3.05) is 14.2 Å². The molecule has 2 aromatic rings. The van der Waals surface area contributed by atoms with Crippen molar-refractivity contribution in [1.29, 1.82) is 0 Å². The number of Topliss-reactive ketones (excluding diaryl/α,β-unsaturated/α-hetero) is 1. The molecule has 0 saturated carbocycles. The van der Waals surface area contributed by atoms with Crippen molar-refractivity contribution in [3.63, 3.8) is 0 Å². The van der Waals surface area contributed by atoms with Crippen molar-refractivity contribution < 1.29 is 14.3 Å². The minimum atomic E-state index is 0.149. The number of aromatic nitrogens is 1. The van der Waals surface area contributed by atoms with E-state index in [1.807, 2.05) is 32.0 Å². The molecule has 0 aliphatic rings. The average molecular weight is 305 g/mol. The highest BCUT2D eigenvalue weighted by Crippen LogP contribution is 2.28. The second kappa shape index (κ2) is 6.72. The highest BCUT2D eigenvalue weighted by Gasteiger charge is 2.12. The minimum absolute atomic E-state index is 0.149. The summed E-state index contributed by atoms with van der Waals surface area (Å²) in [4.78, 5) is 17.7. The van der Waals surface area contributed by atoms with Gasteiger partial charge in [0.25, 0.3) is 0 Å². The Balaban J connectivity index is 2.05. The summed E-state index contributed by atoms with van der Waals surface area (Å²) in [5.74, 6) is 1.46. The number of ether oxygens (including phenoxy) is 2. The largest absolute Gasteiger partial charge is 0.493 e. The fourth-order valence-electron chi connectivity index (χ4n) is 2.06. The van der Waals surface area contributed by atoms with Crippen LogP contribution in [0.1, 0.15) is 21.1 Å². The van der Waals surface area contributed by atoms with E-state index in [2.05, 4.69) is 4.98 Å². The maximum Gasteiger partial charge on any atom is 0.161 e. The van der Waals surface area contributed by atoms with Crippen LogP contribution < -0.4 is 9.47 Å². The molecule has 1 aromatic heterocycles. The normalized spacial score (nSPS) is 10.5. The van der Waals surface area contributed by atoms with Crippen molar-refractivity contribution in [3.05, 3.63) is 39.3 Å². The van der Waals surface area contributed by atoms with Crippen LogP contribution >= 0.6 is 11.3 Å². The molecule has 21 heavy (non-hydrogen) atoms. The third-order valence-electron chi connectivity index (χ3n) is 3.27. The molecule has 0 fully saturated rings. The maximum absolute atomic E-state index is 12.2. The van der Waals surface area contributed by atoms with E-state index in [0.717, 1.165) is 16.3 Å². The molecule has 4 nitrogen and oxygen atoms in total. The van der Waals surface area contributed by atoms with Crippen molar-refractivity contribution in [2.24, 2.45) is 0 Å². The van der Waals surface area contributed by atoms with Gasteiger partial charge >= 0.3 is 0 Å². The van der Waals surface area contributed by atoms with Gasteiger partial charge in [-0.05, 0) is 31.5 Å². The number of nitrogens with zero attached hydrogens (tertiary/aromatic N) is 1. The Morgan fingerprint density at radius 2 is 1.86 bits per heavy atom. The summed E-state index contributed by atoms with van der Waals surface area (Å²) in [6, 6.07) is 5.55. The number of thiazole rings is 1. The van der Waals surface area contributed by atoms with Crippen LogP contribution in [0.2, 0.25) is 0 Å². The molecule has 0 atom stereocenters. The Morgan fingerprint density at radius 3 is 2.43 bits per heavy atom. The zero-order valence-corrected chi connectivity index (χ0v) is 13.5. The monoisotopic (exact) mass is 305 g/mol. The van der Waals surface area contributed by atoms with Gasteiger partial charge in [0.05, 0.1) is 26.3 Å². The lowest BCUT2D eigenvalue weighted by molar-refractivity contribution is -0.117. The summed E-state index contributed by atoms with van der Waals surface area (Å²) >= 11 is 1.59. The standard InChI is InChI=1S/C16H19NO3S/c1-10-11(2)21-16(17-10)9-13(18)7-12-5-6-14(19-3)15(8-12)20-4/h5-6,8H,7,9H2,1-4H3. The molecule has 2 rings (SSSR count). The summed E-state index contributed by atoms with van der Waals surface area (Å²) in [7, 11) is 3.18. The Hall–Kier alpha value is -1.88. The van der Waals surface area contributed by atoms with Gasteiger partial charge in [-0.15, -0.1) is 11.3 Å². The number of hydrogen-bond donors (Lipinski definition) is 0. The smallest absolute Gasteiger partial charge is 0.161 e. The molecule has 0 radical (unpaired) electrons. The first-order chi connectivity index (χ1) is 10.0. The van der Waals surface area contributed by atoms with E-state index < -0.39 is 0 Å². The van der Waals surface area contributed by atoms with Gasteiger partial charge in [0.15, 0.2) is 11.5 Å². The molecule has 0 bridgehead atoms. The molecule has 0 spiro atoms. The van der Waals surface area contributed by atoms with Gasteiger partial charge in [-0.1, -0.05) is 6.07 Å². The van der Waals surface area contributed by atoms with Crippen LogP contribution in [-0.2, 0) is 17.6 Å². The molecular formula is C16H19NO3S. The highest BCUT2D eigenvalue weighted by atomic mass is 32.1. The van der Waals surface area contributed by atoms with E-state index in [9.17, 15) is 4.79 Å². The van der Waals surface area contributed by atoms with Gasteiger partial charge in [-0.25, -0.2) is 4.98 Å². The van der Waals surface area contributed by atoms with Gasteiger partial charge in [0, 0.05) is 11.3 Å². The van der Waals surface area contributed by atoms with Crippen molar-refractivity contribution >= 4 is 17.1 Å². The van der Waals surface area contributed by atoms with Gasteiger partial charge in [-0.2, -0.15) is 0 Å². The van der Waals surface area contributed by atoms with E-state index in [1.165, 1.54) is 4.88 Å². The van der Waals surface area contributed by atoms with Crippen LogP contribution in [0.4, 0.5) is 0 Å². The Kier molecular flexibility index (Phi) is 4.96. The van der Waals surface area contributed by atoms with Gasteiger partial charge in [-0.3, -0.25) is 4.79 Å². The summed E-state index contributed by atoms with van der Waals surface area (Å²) < 4.78 is 10.4. The van der Waals surface area contributed by atoms with Gasteiger partial charge in [0.1, 0.15) is 10.8 Å². The second-order valence-electron chi connectivity index (χ2n) is 4.83. The average Bonchev–Trinajstić information content (AvgIpc) is 2.76. The topological polar surface area (TPSA) is 48.4 Å². The number of hydrogen-bond acceptors (Lipinski definition) is 5. The van der Waals surface area contributed by atoms with Gasteiger partial charge in [0.2, 0.25) is 0 Å². The van der Waals surface area contributed by atoms with E-state index in [1.54, 1.807) is 25.6 Å². The second-order valence-corrected chi connectivity index (χ2v) is 6.12. The van der Waals surface area contributed by atoms with Gasteiger partial charge < -0.3 is 9.47 Å². The van der Waals surface area contributed by atoms with Crippen molar-refractivity contribution in [2.45, 2.75) is 26.7 Å². The summed E-state index contributed by atoms with van der Waals surface area (Å²) in [5, 5.41) is 0.885. The van der Waals surface area contributed by atoms with E-state index >= 15 is 0 Å². The molecule has 0 aliphatic heterocycles. The number of rotatable bonds is 6. The summed E-state index contributed by atoms with van der Waals surface area (Å²) in [6.07, 6.45) is 0.756. The van der Waals surface area contributed by atoms with Crippen LogP contribution in [0.25, 0.3) is 0 Å². The number of benzene rings is 1. The maximum atomic E-state index is 12.2. The number of carbonyl (C=O) groups is 1. The third-order valence-corrected chi connectivity index (χ3v) is 4.34. The molecule has 112 valence electrons. The molecule has 0 N–H and O–H groups in total. The van der Waals surface area contributed by atoms with E-state index in [0.29, 0.717) is 24.3 Å². The zero-order chi connectivity index (χ0) is 15.4. The quantitative estimate of drug-likeness (QED) is 0.822. The highest BCUT2D eigenvalue weighted by molar-refractivity contribution is 7.11. The predicted molar refractivity (Wildman–Crippen MR) is 83.5 cm³/mol. The van der Waals surface area contributed by atoms with Crippen LogP contribution in [-0.4, -0.2) is 25.0 Å². The van der Waals surface area contributed by atoms with Crippen LogP contribution in [0.15, 0.2) is 18.2 Å². The predicted octanol–water partition coefficient (Wildman–Crippen LogP) is 3.13. The van der Waals surface area contributed by atoms with E-state index in [4.69, 9.17) is 9.47 Å². The first kappa shape index (κ1) is 15.5. The molecule has 1 aromatic carbocycles. The lowest BCUT2D eigenvalue weighted by Gasteiger charge is -2.09. The van der Waals surface area contributed by atoms with Crippen molar-refractivity contribution in [3.8, 4) is 11.5 Å². The number of methoxy groups -OCH3 is 2. The Morgan fingerprint density at radius 1 is 1.14 bits per heavy atom. The molecular weight excluding hydrogens is 286 g/mol. The lowest BCUT2D eigenvalue weighted by Crippen LogP contribution is -2.06. The Labute approximate surface area is 128 Å². The van der Waals surface area contributed by atoms with E-state index in [-0.39, 0.29) is 5.78 Å². The molecule has 0 aliphatic carbocycles. The van der Waals surface area contributed by atoms with Crippen LogP contribution in [0.5, 0.6) is 11.5 Å². The third kappa shape index (κ3) is 3.82. The molecule has 0 saturated heterocycles. The fraction of sp³-hybridized carbons (Fsp3) is 0.375.